The molecule has 0 radical (unpaired) electrons. The van der Waals surface area contributed by atoms with Gasteiger partial charge in [-0.1, -0.05) is 18.2 Å². The Hall–Kier alpha value is -2.31. The van der Waals surface area contributed by atoms with E-state index in [0.717, 1.165) is 6.07 Å². The number of aromatic amines is 1. The predicted molar refractivity (Wildman–Crippen MR) is 75.0 cm³/mol. The fourth-order valence-corrected chi connectivity index (χ4v) is 2.24. The number of hydrogen-bond donors (Lipinski definition) is 2. The molecule has 1 aromatic heterocycles. The number of amides is 1. The molecule has 0 unspecified atom stereocenters. The van der Waals surface area contributed by atoms with Gasteiger partial charge in [-0.15, -0.1) is 0 Å². The average molecular weight is 311 g/mol. The van der Waals surface area contributed by atoms with Gasteiger partial charge >= 0.3 is 6.18 Å². The highest BCUT2D eigenvalue weighted by Gasteiger charge is 2.33. The van der Waals surface area contributed by atoms with Gasteiger partial charge in [0.05, 0.1) is 12.0 Å². The number of carbonyl (C=O) groups is 1. The first-order valence-corrected chi connectivity index (χ1v) is 6.79. The van der Waals surface area contributed by atoms with Gasteiger partial charge in [-0.3, -0.25) is 9.89 Å². The zero-order valence-electron chi connectivity index (χ0n) is 11.9. The van der Waals surface area contributed by atoms with Crippen LogP contribution >= 0.6 is 0 Å². The number of halogens is 3. The normalized spacial score (nSPS) is 12.9. The van der Waals surface area contributed by atoms with Crippen molar-refractivity contribution in [2.45, 2.75) is 32.0 Å². The molecule has 1 atom stereocenters. The smallest absolute Gasteiger partial charge is 0.353 e. The number of rotatable bonds is 5. The Morgan fingerprint density at radius 2 is 2.05 bits per heavy atom. The van der Waals surface area contributed by atoms with Crippen molar-refractivity contribution in [3.05, 3.63) is 53.3 Å². The summed E-state index contributed by atoms with van der Waals surface area (Å²) in [5.74, 6) is -0.263. The Balaban J connectivity index is 1.97. The zero-order valence-corrected chi connectivity index (χ0v) is 11.9. The van der Waals surface area contributed by atoms with Crippen molar-refractivity contribution in [1.29, 1.82) is 0 Å². The van der Waals surface area contributed by atoms with Gasteiger partial charge in [0.25, 0.3) is 0 Å². The van der Waals surface area contributed by atoms with E-state index in [9.17, 15) is 18.0 Å². The molecule has 0 saturated heterocycles. The molecule has 0 saturated carbocycles. The maximum atomic E-state index is 12.9. The Bertz CT molecular complexity index is 623. The Kier molecular flexibility index (Phi) is 4.85. The summed E-state index contributed by atoms with van der Waals surface area (Å²) in [6, 6.07) is 6.66. The summed E-state index contributed by atoms with van der Waals surface area (Å²) in [6.07, 6.45) is -2.63. The van der Waals surface area contributed by atoms with Gasteiger partial charge in [-0.05, 0) is 31.0 Å². The molecular weight excluding hydrogens is 295 g/mol. The number of hydrogen-bond acceptors (Lipinski definition) is 2. The molecule has 0 aliphatic carbocycles. The van der Waals surface area contributed by atoms with E-state index in [-0.39, 0.29) is 24.3 Å². The third kappa shape index (κ3) is 4.34. The molecule has 1 aromatic carbocycles. The fourth-order valence-electron chi connectivity index (χ4n) is 2.24. The van der Waals surface area contributed by atoms with Crippen LogP contribution in [0.5, 0.6) is 0 Å². The summed E-state index contributed by atoms with van der Waals surface area (Å²) < 4.78 is 38.7. The van der Waals surface area contributed by atoms with Gasteiger partial charge in [0.15, 0.2) is 0 Å². The lowest BCUT2D eigenvalue weighted by Crippen LogP contribution is -2.35. The van der Waals surface area contributed by atoms with Gasteiger partial charge in [0, 0.05) is 17.9 Å². The molecule has 0 bridgehead atoms. The number of nitrogens with zero attached hydrogens (tertiary/aromatic N) is 1. The first-order chi connectivity index (χ1) is 10.4. The highest BCUT2D eigenvalue weighted by Crippen LogP contribution is 2.32. The predicted octanol–water partition coefficient (Wildman–Crippen LogP) is 2.72. The van der Waals surface area contributed by atoms with E-state index in [2.05, 4.69) is 15.5 Å². The van der Waals surface area contributed by atoms with Gasteiger partial charge in [-0.2, -0.15) is 18.3 Å². The molecule has 1 amide bonds. The van der Waals surface area contributed by atoms with Gasteiger partial charge in [0.1, 0.15) is 0 Å². The van der Waals surface area contributed by atoms with Crippen molar-refractivity contribution < 1.29 is 18.0 Å². The largest absolute Gasteiger partial charge is 0.416 e. The molecule has 0 fully saturated rings. The number of carbonyl (C=O) groups excluding carboxylic acids is 1. The Morgan fingerprint density at radius 1 is 1.32 bits per heavy atom. The van der Waals surface area contributed by atoms with Crippen molar-refractivity contribution in [2.24, 2.45) is 0 Å². The second kappa shape index (κ2) is 6.64. The minimum atomic E-state index is -4.39. The maximum absolute atomic E-state index is 12.9. The van der Waals surface area contributed by atoms with Crippen LogP contribution in [0.1, 0.15) is 23.7 Å². The zero-order chi connectivity index (χ0) is 16.2. The van der Waals surface area contributed by atoms with E-state index in [1.165, 1.54) is 18.3 Å². The van der Waals surface area contributed by atoms with Crippen molar-refractivity contribution in [3.63, 3.8) is 0 Å². The van der Waals surface area contributed by atoms with Crippen LogP contribution in [-0.2, 0) is 23.8 Å². The molecule has 4 nitrogen and oxygen atoms in total. The molecule has 7 heteroatoms. The number of H-pyrrole nitrogens is 1. The van der Waals surface area contributed by atoms with E-state index in [1.54, 1.807) is 19.1 Å². The van der Waals surface area contributed by atoms with Crippen LogP contribution in [0.4, 0.5) is 13.2 Å². The van der Waals surface area contributed by atoms with Crippen molar-refractivity contribution in [2.75, 3.05) is 0 Å². The molecule has 118 valence electrons. The van der Waals surface area contributed by atoms with Crippen molar-refractivity contribution in [1.82, 2.24) is 15.5 Å². The quantitative estimate of drug-likeness (QED) is 0.892. The molecule has 0 aliphatic rings. The van der Waals surface area contributed by atoms with E-state index in [0.29, 0.717) is 5.69 Å². The Labute approximate surface area is 125 Å². The SMILES string of the molecule is C[C@H](Cc1ccccc1C(F)(F)F)NC(=O)Cc1ccn[nH]1. The second-order valence-electron chi connectivity index (χ2n) is 5.09. The minimum absolute atomic E-state index is 0.115. The van der Waals surface area contributed by atoms with Crippen LogP contribution < -0.4 is 5.32 Å². The van der Waals surface area contributed by atoms with Gasteiger partial charge in [-0.25, -0.2) is 0 Å². The number of nitrogens with one attached hydrogen (secondary N) is 2. The summed E-state index contributed by atoms with van der Waals surface area (Å²) in [5, 5.41) is 9.08. The van der Waals surface area contributed by atoms with Crippen molar-refractivity contribution >= 4 is 5.91 Å². The van der Waals surface area contributed by atoms with Crippen LogP contribution in [0.15, 0.2) is 36.5 Å². The van der Waals surface area contributed by atoms with Crippen LogP contribution in [-0.4, -0.2) is 22.1 Å². The van der Waals surface area contributed by atoms with E-state index in [4.69, 9.17) is 0 Å². The van der Waals surface area contributed by atoms with Crippen LogP contribution in [0.3, 0.4) is 0 Å². The van der Waals surface area contributed by atoms with Crippen molar-refractivity contribution in [3.8, 4) is 0 Å². The van der Waals surface area contributed by atoms with Crippen LogP contribution in [0, 0.1) is 0 Å². The average Bonchev–Trinajstić information content (AvgIpc) is 2.90. The standard InChI is InChI=1S/C15H16F3N3O/c1-10(20-14(22)9-12-6-7-19-21-12)8-11-4-2-3-5-13(11)15(16,17)18/h2-7,10H,8-9H2,1H3,(H,19,21)(H,20,22)/t10-/m1/s1. The summed E-state index contributed by atoms with van der Waals surface area (Å²) in [4.78, 5) is 11.8. The molecule has 2 N–H and O–H groups in total. The number of alkyl halides is 3. The van der Waals surface area contributed by atoms with E-state index < -0.39 is 17.8 Å². The van der Waals surface area contributed by atoms with E-state index in [1.807, 2.05) is 0 Å². The third-order valence-corrected chi connectivity index (χ3v) is 3.17. The molecular formula is C15H16F3N3O. The lowest BCUT2D eigenvalue weighted by Gasteiger charge is -2.17. The third-order valence-electron chi connectivity index (χ3n) is 3.17. The maximum Gasteiger partial charge on any atom is 0.416 e. The molecule has 22 heavy (non-hydrogen) atoms. The molecule has 0 spiro atoms. The molecule has 1 heterocycles. The first kappa shape index (κ1) is 16.1. The summed E-state index contributed by atoms with van der Waals surface area (Å²) in [6.45, 7) is 1.68. The van der Waals surface area contributed by atoms with Crippen LogP contribution in [0.2, 0.25) is 0 Å². The lowest BCUT2D eigenvalue weighted by molar-refractivity contribution is -0.138. The second-order valence-corrected chi connectivity index (χ2v) is 5.09. The minimum Gasteiger partial charge on any atom is -0.353 e. The number of aromatic nitrogens is 2. The molecule has 0 aliphatic heterocycles. The van der Waals surface area contributed by atoms with Gasteiger partial charge in [0.2, 0.25) is 5.91 Å². The van der Waals surface area contributed by atoms with E-state index >= 15 is 0 Å². The summed E-state index contributed by atoms with van der Waals surface area (Å²) >= 11 is 0. The number of benzene rings is 1. The highest BCUT2D eigenvalue weighted by molar-refractivity contribution is 5.78. The molecule has 2 aromatic rings. The van der Waals surface area contributed by atoms with Gasteiger partial charge < -0.3 is 5.32 Å². The molecule has 2 rings (SSSR count). The lowest BCUT2D eigenvalue weighted by atomic mass is 10.0. The topological polar surface area (TPSA) is 57.8 Å². The first-order valence-electron chi connectivity index (χ1n) is 6.79. The van der Waals surface area contributed by atoms with Crippen LogP contribution in [0.25, 0.3) is 0 Å². The summed E-state index contributed by atoms with van der Waals surface area (Å²) in [5.41, 5.74) is 0.161. The monoisotopic (exact) mass is 311 g/mol. The Morgan fingerprint density at radius 3 is 2.68 bits per heavy atom. The highest BCUT2D eigenvalue weighted by atomic mass is 19.4. The fraction of sp³-hybridized carbons (Fsp3) is 0.333. The summed E-state index contributed by atoms with van der Waals surface area (Å²) in [7, 11) is 0.